The van der Waals surface area contributed by atoms with Gasteiger partial charge in [-0.25, -0.2) is 0 Å². The minimum absolute atomic E-state index is 0.169. The van der Waals surface area contributed by atoms with Gasteiger partial charge in [-0.2, -0.15) is 0 Å². The number of fused-ring (bicyclic) bond motifs is 2. The SMILES string of the molecule is CCN1CCc2ccccc2C12CCN(CC(=O)N1CCOCC1)CC2. The van der Waals surface area contributed by atoms with Crippen molar-refractivity contribution in [2.45, 2.75) is 31.7 Å². The van der Waals surface area contributed by atoms with Crippen molar-refractivity contribution in [1.82, 2.24) is 14.7 Å². The van der Waals surface area contributed by atoms with Gasteiger partial charge in [0.2, 0.25) is 5.91 Å². The van der Waals surface area contributed by atoms with Crippen molar-refractivity contribution in [2.24, 2.45) is 0 Å². The number of carbonyl (C=O) groups excluding carboxylic acids is 1. The Kier molecular flexibility index (Phi) is 5.30. The number of amides is 1. The van der Waals surface area contributed by atoms with Crippen molar-refractivity contribution in [3.8, 4) is 0 Å². The number of piperidine rings is 1. The van der Waals surface area contributed by atoms with Gasteiger partial charge in [-0.15, -0.1) is 0 Å². The Morgan fingerprint density at radius 2 is 1.81 bits per heavy atom. The van der Waals surface area contributed by atoms with Gasteiger partial charge >= 0.3 is 0 Å². The number of hydrogen-bond acceptors (Lipinski definition) is 4. The van der Waals surface area contributed by atoms with Crippen LogP contribution in [0.1, 0.15) is 30.9 Å². The minimum Gasteiger partial charge on any atom is -0.378 e. The van der Waals surface area contributed by atoms with Crippen LogP contribution in [-0.2, 0) is 21.5 Å². The molecule has 0 atom stereocenters. The summed E-state index contributed by atoms with van der Waals surface area (Å²) in [5, 5.41) is 0. The van der Waals surface area contributed by atoms with Crippen molar-refractivity contribution in [1.29, 1.82) is 0 Å². The highest BCUT2D eigenvalue weighted by Crippen LogP contribution is 2.43. The van der Waals surface area contributed by atoms with Gasteiger partial charge in [0.25, 0.3) is 0 Å². The van der Waals surface area contributed by atoms with Gasteiger partial charge < -0.3 is 9.64 Å². The fraction of sp³-hybridized carbons (Fsp3) is 0.667. The molecule has 0 radical (unpaired) electrons. The fourth-order valence-corrected chi connectivity index (χ4v) is 5.06. The number of ether oxygens (including phenoxy) is 1. The van der Waals surface area contributed by atoms with Crippen LogP contribution in [0.15, 0.2) is 24.3 Å². The first-order valence-electron chi connectivity index (χ1n) is 10.1. The van der Waals surface area contributed by atoms with Crippen LogP contribution in [0.4, 0.5) is 0 Å². The summed E-state index contributed by atoms with van der Waals surface area (Å²) >= 11 is 0. The van der Waals surface area contributed by atoms with Crippen LogP contribution < -0.4 is 0 Å². The smallest absolute Gasteiger partial charge is 0.236 e. The van der Waals surface area contributed by atoms with E-state index in [9.17, 15) is 4.79 Å². The third-order valence-electron chi connectivity index (χ3n) is 6.56. The van der Waals surface area contributed by atoms with E-state index in [4.69, 9.17) is 4.74 Å². The first-order chi connectivity index (χ1) is 12.7. The quantitative estimate of drug-likeness (QED) is 0.825. The zero-order chi connectivity index (χ0) is 18.0. The molecule has 0 unspecified atom stereocenters. The summed E-state index contributed by atoms with van der Waals surface area (Å²) in [6.45, 7) is 9.94. The first kappa shape index (κ1) is 18.0. The molecule has 3 heterocycles. The van der Waals surface area contributed by atoms with E-state index in [0.717, 1.165) is 58.5 Å². The zero-order valence-corrected chi connectivity index (χ0v) is 16.0. The predicted molar refractivity (Wildman–Crippen MR) is 102 cm³/mol. The van der Waals surface area contributed by atoms with E-state index < -0.39 is 0 Å². The van der Waals surface area contributed by atoms with Gasteiger partial charge in [0.15, 0.2) is 0 Å². The van der Waals surface area contributed by atoms with Crippen molar-refractivity contribution in [2.75, 3.05) is 59.0 Å². The highest BCUT2D eigenvalue weighted by atomic mass is 16.5. The van der Waals surface area contributed by atoms with Crippen molar-refractivity contribution in [3.05, 3.63) is 35.4 Å². The second-order valence-corrected chi connectivity index (χ2v) is 7.79. The van der Waals surface area contributed by atoms with Gasteiger partial charge in [0.05, 0.1) is 19.8 Å². The molecule has 142 valence electrons. The third kappa shape index (κ3) is 3.28. The molecule has 1 amide bonds. The molecule has 26 heavy (non-hydrogen) atoms. The van der Waals surface area contributed by atoms with Gasteiger partial charge in [0.1, 0.15) is 0 Å². The first-order valence-corrected chi connectivity index (χ1v) is 10.1. The Labute approximate surface area is 156 Å². The molecule has 0 aromatic heterocycles. The van der Waals surface area contributed by atoms with E-state index >= 15 is 0 Å². The Balaban J connectivity index is 1.44. The lowest BCUT2D eigenvalue weighted by Gasteiger charge is -2.52. The van der Waals surface area contributed by atoms with Crippen molar-refractivity contribution < 1.29 is 9.53 Å². The average Bonchev–Trinajstić information content (AvgIpc) is 2.71. The molecule has 0 saturated carbocycles. The zero-order valence-electron chi connectivity index (χ0n) is 16.0. The molecule has 3 aliphatic rings. The van der Waals surface area contributed by atoms with E-state index in [1.807, 2.05) is 4.90 Å². The maximum absolute atomic E-state index is 12.6. The molecule has 0 N–H and O–H groups in total. The molecular weight excluding hydrogens is 326 g/mol. The van der Waals surface area contributed by atoms with E-state index in [1.54, 1.807) is 0 Å². The van der Waals surface area contributed by atoms with Gasteiger partial charge in [-0.3, -0.25) is 14.6 Å². The van der Waals surface area contributed by atoms with E-state index in [-0.39, 0.29) is 11.4 Å². The molecule has 4 rings (SSSR count). The van der Waals surface area contributed by atoms with Crippen LogP contribution in [0.2, 0.25) is 0 Å². The highest BCUT2D eigenvalue weighted by Gasteiger charge is 2.44. The number of morpholine rings is 1. The van der Waals surface area contributed by atoms with Crippen molar-refractivity contribution >= 4 is 5.91 Å². The number of hydrogen-bond donors (Lipinski definition) is 0. The molecule has 2 saturated heterocycles. The summed E-state index contributed by atoms with van der Waals surface area (Å²) in [5.41, 5.74) is 3.23. The van der Waals surface area contributed by atoms with E-state index in [1.165, 1.54) is 11.1 Å². The summed E-state index contributed by atoms with van der Waals surface area (Å²) in [6, 6.07) is 9.00. The molecule has 1 aromatic rings. The molecule has 0 aliphatic carbocycles. The summed E-state index contributed by atoms with van der Waals surface area (Å²) in [4.78, 5) is 19.6. The predicted octanol–water partition coefficient (Wildman–Crippen LogP) is 1.71. The number of benzene rings is 1. The Bertz CT molecular complexity index is 634. The van der Waals surface area contributed by atoms with Crippen LogP contribution in [0.25, 0.3) is 0 Å². The molecule has 2 fully saturated rings. The number of likely N-dealkylation sites (N-methyl/N-ethyl adjacent to an activating group) is 1. The number of nitrogens with zero attached hydrogens (tertiary/aromatic N) is 3. The lowest BCUT2D eigenvalue weighted by atomic mass is 9.74. The summed E-state index contributed by atoms with van der Waals surface area (Å²) in [7, 11) is 0. The van der Waals surface area contributed by atoms with Crippen LogP contribution in [0, 0.1) is 0 Å². The summed E-state index contributed by atoms with van der Waals surface area (Å²) in [6.07, 6.45) is 3.40. The number of rotatable bonds is 3. The van der Waals surface area contributed by atoms with Crippen LogP contribution in [0.3, 0.4) is 0 Å². The normalized spacial score (nSPS) is 23.8. The van der Waals surface area contributed by atoms with Crippen LogP contribution in [0.5, 0.6) is 0 Å². The molecule has 5 heteroatoms. The lowest BCUT2D eigenvalue weighted by Crippen LogP contribution is -2.57. The molecule has 5 nitrogen and oxygen atoms in total. The monoisotopic (exact) mass is 357 g/mol. The fourth-order valence-electron chi connectivity index (χ4n) is 5.06. The maximum atomic E-state index is 12.6. The van der Waals surface area contributed by atoms with E-state index in [2.05, 4.69) is 41.0 Å². The van der Waals surface area contributed by atoms with Gasteiger partial charge in [-0.1, -0.05) is 31.2 Å². The van der Waals surface area contributed by atoms with Crippen molar-refractivity contribution in [3.63, 3.8) is 0 Å². The summed E-state index contributed by atoms with van der Waals surface area (Å²) in [5.74, 6) is 0.264. The average molecular weight is 357 g/mol. The molecule has 3 aliphatic heterocycles. The largest absolute Gasteiger partial charge is 0.378 e. The molecule has 1 spiro atoms. The second-order valence-electron chi connectivity index (χ2n) is 7.79. The topological polar surface area (TPSA) is 36.0 Å². The Morgan fingerprint density at radius 3 is 2.54 bits per heavy atom. The lowest BCUT2D eigenvalue weighted by molar-refractivity contribution is -0.137. The number of carbonyl (C=O) groups is 1. The minimum atomic E-state index is 0.169. The van der Waals surface area contributed by atoms with Gasteiger partial charge in [0, 0.05) is 38.3 Å². The summed E-state index contributed by atoms with van der Waals surface area (Å²) < 4.78 is 5.36. The van der Waals surface area contributed by atoms with E-state index in [0.29, 0.717) is 19.8 Å². The third-order valence-corrected chi connectivity index (χ3v) is 6.56. The molecular formula is C21H31N3O2. The van der Waals surface area contributed by atoms with Crippen LogP contribution in [-0.4, -0.2) is 79.6 Å². The molecule has 1 aromatic carbocycles. The van der Waals surface area contributed by atoms with Crippen LogP contribution >= 0.6 is 0 Å². The van der Waals surface area contributed by atoms with Gasteiger partial charge in [-0.05, 0) is 36.9 Å². The Morgan fingerprint density at radius 1 is 1.08 bits per heavy atom. The maximum Gasteiger partial charge on any atom is 0.236 e. The standard InChI is InChI=1S/C21H31N3O2/c1-2-24-10-7-18-5-3-4-6-19(18)21(24)8-11-22(12-9-21)17-20(25)23-13-15-26-16-14-23/h3-6H,2,7-17H2,1H3. The highest BCUT2D eigenvalue weighted by molar-refractivity contribution is 5.78. The Hall–Kier alpha value is -1.43. The second kappa shape index (κ2) is 7.67. The molecule has 0 bridgehead atoms. The number of likely N-dealkylation sites (tertiary alicyclic amines) is 1.